The van der Waals surface area contributed by atoms with Crippen molar-refractivity contribution in [2.45, 2.75) is 110 Å². The van der Waals surface area contributed by atoms with Gasteiger partial charge in [0.25, 0.3) is 0 Å². The zero-order chi connectivity index (χ0) is 30.8. The number of fused-ring (bicyclic) bond motifs is 7. The average Bonchev–Trinajstić information content (AvgIpc) is 3.22. The maximum Gasteiger partial charge on any atom is 0.509 e. The van der Waals surface area contributed by atoms with Crippen molar-refractivity contribution >= 4 is 17.9 Å². The maximum atomic E-state index is 17.5. The number of alkyl halides is 2. The summed E-state index contributed by atoms with van der Waals surface area (Å²) < 4.78 is 45.0. The topological polar surface area (TPSA) is 110 Å². The van der Waals surface area contributed by atoms with Crippen molar-refractivity contribution in [3.8, 4) is 0 Å². The van der Waals surface area contributed by atoms with Crippen LogP contribution in [0.15, 0.2) is 23.8 Å². The fraction of sp³-hybridized carbons (Fsp3) is 0.788. The summed E-state index contributed by atoms with van der Waals surface area (Å²) in [5, 5.41) is 22.3. The number of aliphatic carboxylic acids is 1. The molecule has 7 nitrogen and oxygen atoms in total. The summed E-state index contributed by atoms with van der Waals surface area (Å²) in [6.07, 6.45) is 1.24. The van der Waals surface area contributed by atoms with E-state index in [1.807, 2.05) is 0 Å². The first-order chi connectivity index (χ1) is 19.4. The second kappa shape index (κ2) is 9.12. The van der Waals surface area contributed by atoms with Gasteiger partial charge in [0.1, 0.15) is 12.3 Å². The Bertz CT molecular complexity index is 1280. The summed E-state index contributed by atoms with van der Waals surface area (Å²) in [4.78, 5) is 38.7. The SMILES string of the molecule is C[C@@H]1[C@@H](OC(=O)O[C@]2(C(=O)O)[C@H](C)C[C@H]3[C@@H]4C[C@H](F)C5=CC(=O)C=C[C@]5(C)[C@@]4(F)[C@@H](O)C[C@@]32C)C[C@H]2CC[C@@H]1C2(C)C. The van der Waals surface area contributed by atoms with E-state index >= 15 is 8.78 Å². The van der Waals surface area contributed by atoms with E-state index < -0.39 is 76.1 Å². The number of halogens is 2. The van der Waals surface area contributed by atoms with Crippen LogP contribution in [0.25, 0.3) is 0 Å². The molecule has 0 aliphatic heterocycles. The fourth-order valence-electron chi connectivity index (χ4n) is 11.2. The molecule has 0 aromatic rings. The molecule has 6 aliphatic rings. The van der Waals surface area contributed by atoms with Crippen LogP contribution in [0.4, 0.5) is 13.6 Å². The van der Waals surface area contributed by atoms with Gasteiger partial charge in [-0.2, -0.15) is 0 Å². The smallest absolute Gasteiger partial charge is 0.478 e. The second-order valence-corrected chi connectivity index (χ2v) is 15.3. The minimum Gasteiger partial charge on any atom is -0.478 e. The van der Waals surface area contributed by atoms with E-state index in [2.05, 4.69) is 20.8 Å². The Morgan fingerprint density at radius 1 is 1.02 bits per heavy atom. The van der Waals surface area contributed by atoms with Crippen molar-refractivity contribution < 1.29 is 42.9 Å². The predicted octanol–water partition coefficient (Wildman–Crippen LogP) is 5.99. The summed E-state index contributed by atoms with van der Waals surface area (Å²) in [6, 6.07) is 0. The van der Waals surface area contributed by atoms with E-state index in [0.717, 1.165) is 18.9 Å². The van der Waals surface area contributed by atoms with Crippen LogP contribution in [-0.2, 0) is 19.1 Å². The molecule has 0 amide bonds. The Hall–Kier alpha value is -2.29. The number of rotatable bonds is 3. The lowest BCUT2D eigenvalue weighted by Crippen LogP contribution is -2.71. The Kier molecular flexibility index (Phi) is 6.46. The van der Waals surface area contributed by atoms with E-state index in [-0.39, 0.29) is 36.2 Å². The lowest BCUT2D eigenvalue weighted by atomic mass is 9.44. The molecule has 0 unspecified atom stereocenters. The van der Waals surface area contributed by atoms with Gasteiger partial charge in [-0.15, -0.1) is 0 Å². The third kappa shape index (κ3) is 3.49. The van der Waals surface area contributed by atoms with Gasteiger partial charge in [0.05, 0.1) is 6.10 Å². The van der Waals surface area contributed by atoms with Crippen LogP contribution >= 0.6 is 0 Å². The van der Waals surface area contributed by atoms with Gasteiger partial charge < -0.3 is 19.7 Å². The molecular formula is C33H44F2O7. The first-order valence-corrected chi connectivity index (χ1v) is 15.5. The van der Waals surface area contributed by atoms with Gasteiger partial charge in [-0.1, -0.05) is 40.7 Å². The molecule has 2 bridgehead atoms. The van der Waals surface area contributed by atoms with Gasteiger partial charge in [-0.05, 0) is 92.3 Å². The van der Waals surface area contributed by atoms with Crippen molar-refractivity contribution in [1.29, 1.82) is 0 Å². The molecule has 0 heterocycles. The molecule has 9 heteroatoms. The summed E-state index contributed by atoms with van der Waals surface area (Å²) >= 11 is 0. The summed E-state index contributed by atoms with van der Waals surface area (Å²) in [7, 11) is 0. The molecule has 5 fully saturated rings. The van der Waals surface area contributed by atoms with Crippen molar-refractivity contribution in [2.24, 2.45) is 51.8 Å². The summed E-state index contributed by atoms with van der Waals surface area (Å²) in [5.74, 6) is -3.48. The Morgan fingerprint density at radius 3 is 2.38 bits per heavy atom. The highest BCUT2D eigenvalue weighted by Gasteiger charge is 2.78. The standard InChI is InChI=1S/C33H44F2O7/c1-16-11-21-22-14-24(34)23-13-19(36)9-10-30(23,5)32(22,35)26(37)15-31(21,6)33(16,27(38)39)42-28(40)41-25-12-18-7-8-20(17(25)2)29(18,3)4/h9-10,13,16-18,20-22,24-26,37H,7-8,11-12,14-15H2,1-6H3,(H,38,39)/t16-,17+,18-,20+,21+,22+,24+,25+,26+,30+,31+,32+,33+/m1/s1. The molecule has 0 aromatic carbocycles. The molecule has 0 radical (unpaired) electrons. The van der Waals surface area contributed by atoms with Crippen LogP contribution in [0.2, 0.25) is 0 Å². The monoisotopic (exact) mass is 590 g/mol. The maximum absolute atomic E-state index is 17.5. The first kappa shape index (κ1) is 29.8. The molecule has 0 aromatic heterocycles. The molecule has 6 aliphatic carbocycles. The minimum absolute atomic E-state index is 0.00511. The number of hydrogen-bond donors (Lipinski definition) is 2. The number of ketones is 1. The van der Waals surface area contributed by atoms with Crippen LogP contribution in [0.3, 0.4) is 0 Å². The highest BCUT2D eigenvalue weighted by Crippen LogP contribution is 2.71. The van der Waals surface area contributed by atoms with Gasteiger partial charge in [0.15, 0.2) is 11.5 Å². The van der Waals surface area contributed by atoms with Crippen molar-refractivity contribution in [1.82, 2.24) is 0 Å². The summed E-state index contributed by atoms with van der Waals surface area (Å²) in [5.41, 5.74) is -7.28. The lowest BCUT2D eigenvalue weighted by molar-refractivity contribution is -0.233. The molecule has 2 N–H and O–H groups in total. The third-order valence-corrected chi connectivity index (χ3v) is 13.6. The van der Waals surface area contributed by atoms with Gasteiger partial charge in [-0.3, -0.25) is 4.79 Å². The number of carbonyl (C=O) groups is 3. The molecule has 0 spiro atoms. The molecular weight excluding hydrogens is 546 g/mol. The van der Waals surface area contributed by atoms with Crippen LogP contribution in [0, 0.1) is 51.8 Å². The third-order valence-electron chi connectivity index (χ3n) is 13.6. The first-order valence-electron chi connectivity index (χ1n) is 15.5. The number of carboxylic acids is 1. The van der Waals surface area contributed by atoms with E-state index in [1.54, 1.807) is 13.8 Å². The largest absolute Gasteiger partial charge is 0.509 e. The van der Waals surface area contributed by atoms with Crippen LogP contribution < -0.4 is 0 Å². The number of allylic oxidation sites excluding steroid dienone is 4. The number of hydrogen-bond acceptors (Lipinski definition) is 6. The van der Waals surface area contributed by atoms with E-state index in [1.165, 1.54) is 19.1 Å². The normalized spacial score (nSPS) is 52.1. The lowest BCUT2D eigenvalue weighted by Gasteiger charge is -2.62. The molecule has 13 atom stereocenters. The quantitative estimate of drug-likeness (QED) is 0.389. The summed E-state index contributed by atoms with van der Waals surface area (Å²) in [6.45, 7) is 11.4. The number of aliphatic hydroxyl groups is 1. The number of ether oxygens (including phenoxy) is 2. The number of aliphatic hydroxyl groups excluding tert-OH is 1. The zero-order valence-electron chi connectivity index (χ0n) is 25.4. The number of carbonyl (C=O) groups excluding carboxylic acids is 2. The molecule has 6 rings (SSSR count). The predicted molar refractivity (Wildman–Crippen MR) is 149 cm³/mol. The Balaban J connectivity index is 1.32. The second-order valence-electron chi connectivity index (χ2n) is 15.3. The average molecular weight is 591 g/mol. The van der Waals surface area contributed by atoms with E-state index in [9.17, 15) is 24.6 Å². The van der Waals surface area contributed by atoms with Crippen molar-refractivity contribution in [2.75, 3.05) is 0 Å². The van der Waals surface area contributed by atoms with Crippen molar-refractivity contribution in [3.05, 3.63) is 23.8 Å². The van der Waals surface area contributed by atoms with E-state index in [0.29, 0.717) is 18.3 Å². The number of carboxylic acid groups (broad SMARTS) is 1. The fourth-order valence-corrected chi connectivity index (χ4v) is 11.2. The molecule has 232 valence electrons. The zero-order valence-corrected chi connectivity index (χ0v) is 25.4. The Morgan fingerprint density at radius 2 is 1.71 bits per heavy atom. The van der Waals surface area contributed by atoms with Crippen LogP contribution in [0.5, 0.6) is 0 Å². The van der Waals surface area contributed by atoms with Gasteiger partial charge in [-0.25, -0.2) is 18.4 Å². The van der Waals surface area contributed by atoms with Gasteiger partial charge >= 0.3 is 12.1 Å². The molecule has 5 saturated carbocycles. The van der Waals surface area contributed by atoms with Crippen molar-refractivity contribution in [3.63, 3.8) is 0 Å². The van der Waals surface area contributed by atoms with Crippen LogP contribution in [0.1, 0.15) is 80.1 Å². The Labute approximate surface area is 246 Å². The van der Waals surface area contributed by atoms with Gasteiger partial charge in [0.2, 0.25) is 5.60 Å². The highest BCUT2D eigenvalue weighted by molar-refractivity contribution is 6.01. The highest BCUT2D eigenvalue weighted by atomic mass is 19.1. The van der Waals surface area contributed by atoms with E-state index in [4.69, 9.17) is 9.47 Å². The van der Waals surface area contributed by atoms with Gasteiger partial charge in [0, 0.05) is 22.7 Å². The molecule has 0 saturated heterocycles. The molecule has 42 heavy (non-hydrogen) atoms. The van der Waals surface area contributed by atoms with Crippen LogP contribution in [-0.4, -0.2) is 57.8 Å². The minimum atomic E-state index is -2.35.